The van der Waals surface area contributed by atoms with E-state index in [4.69, 9.17) is 4.74 Å². The number of likely N-dealkylation sites (tertiary alicyclic amines) is 1. The van der Waals surface area contributed by atoms with Crippen LogP contribution in [0.5, 0.6) is 0 Å². The van der Waals surface area contributed by atoms with E-state index in [0.717, 1.165) is 38.6 Å². The molecule has 5 heteroatoms. The zero-order chi connectivity index (χ0) is 14.4. The molecule has 0 bridgehead atoms. The summed E-state index contributed by atoms with van der Waals surface area (Å²) in [7, 11) is 1.62. The first-order valence-electron chi connectivity index (χ1n) is 7.74. The molecule has 1 heterocycles. The SMILES string of the molecule is COCCNC(=O)CN1CCCCC1C1CCCC1=O. The maximum absolute atomic E-state index is 12.0. The fourth-order valence-electron chi connectivity index (χ4n) is 3.45. The summed E-state index contributed by atoms with van der Waals surface area (Å²) in [6, 6.07) is 0.284. The highest BCUT2D eigenvalue weighted by molar-refractivity contribution is 5.84. The minimum absolute atomic E-state index is 0.0411. The van der Waals surface area contributed by atoms with Gasteiger partial charge in [-0.3, -0.25) is 14.5 Å². The van der Waals surface area contributed by atoms with E-state index in [1.54, 1.807) is 7.11 Å². The Hall–Kier alpha value is -0.940. The minimum Gasteiger partial charge on any atom is -0.383 e. The van der Waals surface area contributed by atoms with Gasteiger partial charge in [-0.1, -0.05) is 6.42 Å². The highest BCUT2D eigenvalue weighted by Crippen LogP contribution is 2.32. The van der Waals surface area contributed by atoms with E-state index in [-0.39, 0.29) is 17.9 Å². The van der Waals surface area contributed by atoms with Crippen LogP contribution in [0.15, 0.2) is 0 Å². The van der Waals surface area contributed by atoms with Gasteiger partial charge < -0.3 is 10.1 Å². The first-order valence-corrected chi connectivity index (χ1v) is 7.74. The molecule has 20 heavy (non-hydrogen) atoms. The summed E-state index contributed by atoms with van der Waals surface area (Å²) in [5.74, 6) is 0.614. The Labute approximate surface area is 121 Å². The lowest BCUT2D eigenvalue weighted by Crippen LogP contribution is -2.49. The summed E-state index contributed by atoms with van der Waals surface area (Å²) in [4.78, 5) is 26.1. The Balaban J connectivity index is 1.86. The van der Waals surface area contributed by atoms with Crippen LogP contribution in [0.1, 0.15) is 38.5 Å². The fraction of sp³-hybridized carbons (Fsp3) is 0.867. The lowest BCUT2D eigenvalue weighted by atomic mass is 9.88. The molecule has 2 unspecified atom stereocenters. The second-order valence-corrected chi connectivity index (χ2v) is 5.84. The van der Waals surface area contributed by atoms with Crippen LogP contribution >= 0.6 is 0 Å². The van der Waals surface area contributed by atoms with Crippen LogP contribution in [0, 0.1) is 5.92 Å². The molecule has 1 aliphatic carbocycles. The summed E-state index contributed by atoms with van der Waals surface area (Å²) in [5, 5.41) is 2.86. The number of hydrogen-bond donors (Lipinski definition) is 1. The first kappa shape index (κ1) is 15.4. The molecule has 1 amide bonds. The van der Waals surface area contributed by atoms with Crippen molar-refractivity contribution in [3.8, 4) is 0 Å². The van der Waals surface area contributed by atoms with Crippen molar-refractivity contribution in [3.05, 3.63) is 0 Å². The smallest absolute Gasteiger partial charge is 0.234 e. The summed E-state index contributed by atoms with van der Waals surface area (Å²) in [6.45, 7) is 2.44. The Morgan fingerprint density at radius 2 is 2.20 bits per heavy atom. The molecule has 5 nitrogen and oxygen atoms in total. The molecule has 1 N–H and O–H groups in total. The highest BCUT2D eigenvalue weighted by Gasteiger charge is 2.37. The average Bonchev–Trinajstić information content (AvgIpc) is 2.86. The summed E-state index contributed by atoms with van der Waals surface area (Å²) in [6.07, 6.45) is 6.12. The monoisotopic (exact) mass is 282 g/mol. The van der Waals surface area contributed by atoms with E-state index >= 15 is 0 Å². The second-order valence-electron chi connectivity index (χ2n) is 5.84. The highest BCUT2D eigenvalue weighted by atomic mass is 16.5. The van der Waals surface area contributed by atoms with Gasteiger partial charge in [-0.2, -0.15) is 0 Å². The molecular weight excluding hydrogens is 256 g/mol. The third-order valence-electron chi connectivity index (χ3n) is 4.46. The molecule has 0 radical (unpaired) electrons. The molecule has 0 aromatic rings. The first-order chi connectivity index (χ1) is 9.72. The minimum atomic E-state index is 0.0411. The van der Waals surface area contributed by atoms with E-state index in [1.165, 1.54) is 6.42 Å². The van der Waals surface area contributed by atoms with Gasteiger partial charge in [0, 0.05) is 32.0 Å². The van der Waals surface area contributed by atoms with Crippen molar-refractivity contribution in [2.75, 3.05) is 33.4 Å². The van der Waals surface area contributed by atoms with E-state index in [2.05, 4.69) is 10.2 Å². The quantitative estimate of drug-likeness (QED) is 0.738. The van der Waals surface area contributed by atoms with Gasteiger partial charge in [0.05, 0.1) is 13.2 Å². The number of amides is 1. The summed E-state index contributed by atoms with van der Waals surface area (Å²) in [5.41, 5.74) is 0. The molecule has 2 fully saturated rings. The predicted octanol–water partition coefficient (Wildman–Crippen LogP) is 0.973. The van der Waals surface area contributed by atoms with Crippen LogP contribution in [0.4, 0.5) is 0 Å². The van der Waals surface area contributed by atoms with Gasteiger partial charge >= 0.3 is 0 Å². The number of nitrogens with one attached hydrogen (secondary N) is 1. The Bertz CT molecular complexity index is 346. The standard InChI is InChI=1S/C15H26N2O3/c1-20-10-8-16-15(19)11-17-9-3-2-6-13(17)12-5-4-7-14(12)18/h12-13H,2-11H2,1H3,(H,16,19). The number of rotatable bonds is 6. The number of ketones is 1. The third kappa shape index (κ3) is 4.03. The molecule has 1 saturated carbocycles. The van der Waals surface area contributed by atoms with Crippen molar-refractivity contribution in [2.24, 2.45) is 5.92 Å². The van der Waals surface area contributed by atoms with Gasteiger partial charge in [-0.15, -0.1) is 0 Å². The number of carbonyl (C=O) groups excluding carboxylic acids is 2. The van der Waals surface area contributed by atoms with Gasteiger partial charge in [-0.25, -0.2) is 0 Å². The maximum atomic E-state index is 12.0. The van der Waals surface area contributed by atoms with Crippen LogP contribution in [0.25, 0.3) is 0 Å². The van der Waals surface area contributed by atoms with Crippen LogP contribution in [-0.2, 0) is 14.3 Å². The molecule has 1 saturated heterocycles. The lowest BCUT2D eigenvalue weighted by molar-refractivity contribution is -0.127. The van der Waals surface area contributed by atoms with Crippen molar-refractivity contribution in [1.82, 2.24) is 10.2 Å². The van der Waals surface area contributed by atoms with Crippen LogP contribution in [0.3, 0.4) is 0 Å². The largest absolute Gasteiger partial charge is 0.383 e. The van der Waals surface area contributed by atoms with Crippen molar-refractivity contribution in [1.29, 1.82) is 0 Å². The van der Waals surface area contributed by atoms with Gasteiger partial charge in [-0.05, 0) is 32.2 Å². The molecule has 1 aliphatic heterocycles. The van der Waals surface area contributed by atoms with Crippen molar-refractivity contribution < 1.29 is 14.3 Å². The Kier molecular flexibility index (Phi) is 5.98. The Morgan fingerprint density at radius 3 is 2.90 bits per heavy atom. The Morgan fingerprint density at radius 1 is 1.35 bits per heavy atom. The molecule has 2 atom stereocenters. The van der Waals surface area contributed by atoms with Crippen molar-refractivity contribution in [2.45, 2.75) is 44.6 Å². The number of hydrogen-bond acceptors (Lipinski definition) is 4. The topological polar surface area (TPSA) is 58.6 Å². The number of carbonyl (C=O) groups is 2. The van der Waals surface area contributed by atoms with Crippen LogP contribution < -0.4 is 5.32 Å². The van der Waals surface area contributed by atoms with E-state index in [1.807, 2.05) is 0 Å². The molecular formula is C15H26N2O3. The zero-order valence-corrected chi connectivity index (χ0v) is 12.4. The van der Waals surface area contributed by atoms with E-state index in [9.17, 15) is 9.59 Å². The molecule has 114 valence electrons. The normalized spacial score (nSPS) is 27.8. The predicted molar refractivity (Wildman–Crippen MR) is 76.4 cm³/mol. The van der Waals surface area contributed by atoms with Gasteiger partial charge in [0.25, 0.3) is 0 Å². The second kappa shape index (κ2) is 7.74. The van der Waals surface area contributed by atoms with Crippen LogP contribution in [0.2, 0.25) is 0 Å². The van der Waals surface area contributed by atoms with E-state index < -0.39 is 0 Å². The van der Waals surface area contributed by atoms with Crippen molar-refractivity contribution >= 4 is 11.7 Å². The van der Waals surface area contributed by atoms with Crippen LogP contribution in [-0.4, -0.2) is 56.0 Å². The summed E-state index contributed by atoms with van der Waals surface area (Å²) < 4.78 is 4.93. The lowest BCUT2D eigenvalue weighted by Gasteiger charge is -2.38. The van der Waals surface area contributed by atoms with Gasteiger partial charge in [0.2, 0.25) is 5.91 Å². The summed E-state index contributed by atoms with van der Waals surface area (Å²) >= 11 is 0. The maximum Gasteiger partial charge on any atom is 0.234 e. The number of nitrogens with zero attached hydrogens (tertiary/aromatic N) is 1. The zero-order valence-electron chi connectivity index (χ0n) is 12.4. The van der Waals surface area contributed by atoms with Crippen molar-refractivity contribution in [3.63, 3.8) is 0 Å². The number of Topliss-reactive ketones (excluding diaryl/α,β-unsaturated/α-hetero) is 1. The molecule has 0 spiro atoms. The van der Waals surface area contributed by atoms with E-state index in [0.29, 0.717) is 25.5 Å². The molecule has 2 aliphatic rings. The number of piperidine rings is 1. The fourth-order valence-corrected chi connectivity index (χ4v) is 3.45. The molecule has 0 aromatic carbocycles. The number of ether oxygens (including phenoxy) is 1. The molecule has 2 rings (SSSR count). The number of methoxy groups -OCH3 is 1. The third-order valence-corrected chi connectivity index (χ3v) is 4.46. The average molecular weight is 282 g/mol. The van der Waals surface area contributed by atoms with Gasteiger partial charge in [0.1, 0.15) is 5.78 Å². The molecule has 0 aromatic heterocycles. The van der Waals surface area contributed by atoms with Gasteiger partial charge in [0.15, 0.2) is 0 Å².